The quantitative estimate of drug-likeness (QED) is 0.782. The highest BCUT2D eigenvalue weighted by Gasteiger charge is 2.19. The van der Waals surface area contributed by atoms with E-state index in [0.29, 0.717) is 9.35 Å². The van der Waals surface area contributed by atoms with Gasteiger partial charge in [-0.1, -0.05) is 0 Å². The second-order valence-corrected chi connectivity index (χ2v) is 8.69. The average Bonchev–Trinajstić information content (AvgIpc) is 2.73. The molecule has 2 rings (SSSR count). The molecule has 0 amide bonds. The normalized spacial score (nSPS) is 11.5. The van der Waals surface area contributed by atoms with Gasteiger partial charge in [0.05, 0.1) is 16.2 Å². The molecule has 0 aliphatic rings. The van der Waals surface area contributed by atoms with Crippen LogP contribution in [-0.4, -0.2) is 19.5 Å². The van der Waals surface area contributed by atoms with Crippen LogP contribution in [0, 0.1) is 0 Å². The molecule has 1 N–H and O–H groups in total. The van der Waals surface area contributed by atoms with Crippen LogP contribution in [0.15, 0.2) is 43.5 Å². The first-order valence-corrected chi connectivity index (χ1v) is 9.40. The van der Waals surface area contributed by atoms with E-state index >= 15 is 0 Å². The molecule has 8 heteroatoms. The van der Waals surface area contributed by atoms with E-state index in [1.165, 1.54) is 29.5 Å². The van der Waals surface area contributed by atoms with E-state index in [9.17, 15) is 13.2 Å². The Kier molecular flexibility index (Phi) is 4.68. The van der Waals surface area contributed by atoms with Gasteiger partial charge in [-0.2, -0.15) is 0 Å². The minimum Gasteiger partial charge on any atom is -0.478 e. The zero-order valence-electron chi connectivity index (χ0n) is 9.84. The number of carboxylic acid groups (broad SMARTS) is 1. The average molecular weight is 440 g/mol. The summed E-state index contributed by atoms with van der Waals surface area (Å²) in [6, 6.07) is 5.73. The van der Waals surface area contributed by atoms with E-state index in [0.717, 1.165) is 4.47 Å². The van der Waals surface area contributed by atoms with Crippen molar-refractivity contribution in [3.05, 3.63) is 49.0 Å². The van der Waals surface area contributed by atoms with Crippen LogP contribution in [0.1, 0.15) is 15.2 Å². The van der Waals surface area contributed by atoms with Gasteiger partial charge in [-0.15, -0.1) is 11.3 Å². The summed E-state index contributed by atoms with van der Waals surface area (Å²) in [4.78, 5) is 11.7. The van der Waals surface area contributed by atoms with Gasteiger partial charge < -0.3 is 5.11 Å². The van der Waals surface area contributed by atoms with Gasteiger partial charge in [0.2, 0.25) is 0 Å². The highest BCUT2D eigenvalue weighted by atomic mass is 79.9. The van der Waals surface area contributed by atoms with Gasteiger partial charge in [-0.05, 0) is 56.1 Å². The molecule has 0 aliphatic heterocycles. The zero-order chi connectivity index (χ0) is 14.9. The van der Waals surface area contributed by atoms with Crippen molar-refractivity contribution >= 4 is 59.0 Å². The lowest BCUT2D eigenvalue weighted by atomic mass is 10.2. The Morgan fingerprint density at radius 1 is 1.25 bits per heavy atom. The van der Waals surface area contributed by atoms with Crippen LogP contribution < -0.4 is 0 Å². The second-order valence-electron chi connectivity index (χ2n) is 3.94. The van der Waals surface area contributed by atoms with Crippen molar-refractivity contribution in [2.24, 2.45) is 0 Å². The molecule has 0 radical (unpaired) electrons. The first-order valence-electron chi connectivity index (χ1n) is 5.28. The molecule has 20 heavy (non-hydrogen) atoms. The standard InChI is InChI=1S/C12H8Br2O4S2/c13-7-3-8(19-5-7)6-20(17,18)9-1-2-11(14)10(4-9)12(15)16/h1-5H,6H2,(H,15,16). The first kappa shape index (κ1) is 15.7. The summed E-state index contributed by atoms with van der Waals surface area (Å²) in [7, 11) is -3.57. The van der Waals surface area contributed by atoms with E-state index in [-0.39, 0.29) is 16.2 Å². The van der Waals surface area contributed by atoms with Crippen molar-refractivity contribution in [1.29, 1.82) is 0 Å². The topological polar surface area (TPSA) is 71.4 Å². The van der Waals surface area contributed by atoms with Crippen molar-refractivity contribution in [2.45, 2.75) is 10.6 Å². The molecule has 0 atom stereocenters. The summed E-state index contributed by atoms with van der Waals surface area (Å²) in [6.07, 6.45) is 0. The Labute approximate surface area is 136 Å². The van der Waals surface area contributed by atoms with Crippen LogP contribution in [0.5, 0.6) is 0 Å². The van der Waals surface area contributed by atoms with Gasteiger partial charge in [-0.3, -0.25) is 0 Å². The molecule has 1 aromatic heterocycles. The van der Waals surface area contributed by atoms with Crippen molar-refractivity contribution in [2.75, 3.05) is 0 Å². The maximum Gasteiger partial charge on any atom is 0.336 e. The molecule has 0 unspecified atom stereocenters. The fourth-order valence-electron chi connectivity index (χ4n) is 1.56. The lowest BCUT2D eigenvalue weighted by molar-refractivity contribution is 0.0695. The molecule has 0 bridgehead atoms. The largest absolute Gasteiger partial charge is 0.478 e. The van der Waals surface area contributed by atoms with Gasteiger partial charge in [0, 0.05) is 19.2 Å². The third-order valence-corrected chi connectivity index (χ3v) is 6.72. The zero-order valence-corrected chi connectivity index (χ0v) is 14.6. The van der Waals surface area contributed by atoms with Gasteiger partial charge in [0.15, 0.2) is 9.84 Å². The Hall–Kier alpha value is -0.700. The Bertz CT molecular complexity index is 766. The van der Waals surface area contributed by atoms with Crippen LogP contribution >= 0.6 is 43.2 Å². The van der Waals surface area contributed by atoms with Crippen LogP contribution in [0.3, 0.4) is 0 Å². The van der Waals surface area contributed by atoms with E-state index in [1.54, 1.807) is 11.4 Å². The summed E-state index contributed by atoms with van der Waals surface area (Å²) in [6.45, 7) is 0. The number of aromatic carboxylic acids is 1. The summed E-state index contributed by atoms with van der Waals surface area (Å²) >= 11 is 7.69. The Balaban J connectivity index is 2.39. The molecule has 106 valence electrons. The van der Waals surface area contributed by atoms with Crippen molar-refractivity contribution in [3.8, 4) is 0 Å². The van der Waals surface area contributed by atoms with Gasteiger partial charge >= 0.3 is 5.97 Å². The van der Waals surface area contributed by atoms with Gasteiger partial charge in [0.1, 0.15) is 0 Å². The van der Waals surface area contributed by atoms with Crippen molar-refractivity contribution < 1.29 is 18.3 Å². The third-order valence-electron chi connectivity index (χ3n) is 2.48. The smallest absolute Gasteiger partial charge is 0.336 e. The fourth-order valence-corrected chi connectivity index (χ4v) is 5.15. The maximum absolute atomic E-state index is 12.3. The third kappa shape index (κ3) is 3.49. The predicted octanol–water partition coefficient (Wildman–Crippen LogP) is 3.95. The molecule has 0 aliphatic carbocycles. The number of sulfone groups is 1. The molecular weight excluding hydrogens is 432 g/mol. The van der Waals surface area contributed by atoms with E-state index in [2.05, 4.69) is 31.9 Å². The minimum atomic E-state index is -3.57. The van der Waals surface area contributed by atoms with Crippen LogP contribution in [0.4, 0.5) is 0 Å². The van der Waals surface area contributed by atoms with Crippen molar-refractivity contribution in [1.82, 2.24) is 0 Å². The number of hydrogen-bond donors (Lipinski definition) is 1. The Morgan fingerprint density at radius 3 is 2.50 bits per heavy atom. The van der Waals surface area contributed by atoms with Crippen molar-refractivity contribution in [3.63, 3.8) is 0 Å². The van der Waals surface area contributed by atoms with E-state index in [4.69, 9.17) is 5.11 Å². The molecule has 1 heterocycles. The van der Waals surface area contributed by atoms with E-state index < -0.39 is 15.8 Å². The van der Waals surface area contributed by atoms with Crippen LogP contribution in [-0.2, 0) is 15.6 Å². The molecule has 4 nitrogen and oxygen atoms in total. The fraction of sp³-hybridized carbons (Fsp3) is 0.0833. The Morgan fingerprint density at radius 2 is 1.95 bits per heavy atom. The number of halogens is 2. The maximum atomic E-state index is 12.3. The first-order chi connectivity index (χ1) is 9.29. The summed E-state index contributed by atoms with van der Waals surface area (Å²) in [5.41, 5.74) is -0.0709. The highest BCUT2D eigenvalue weighted by molar-refractivity contribution is 9.10. The van der Waals surface area contributed by atoms with Gasteiger partial charge in [-0.25, -0.2) is 13.2 Å². The monoisotopic (exact) mass is 438 g/mol. The van der Waals surface area contributed by atoms with Crippen LogP contribution in [0.25, 0.3) is 0 Å². The van der Waals surface area contributed by atoms with Gasteiger partial charge in [0.25, 0.3) is 0 Å². The summed E-state index contributed by atoms with van der Waals surface area (Å²) in [5, 5.41) is 10.8. The predicted molar refractivity (Wildman–Crippen MR) is 84.0 cm³/mol. The molecule has 0 fully saturated rings. The minimum absolute atomic E-state index is 0.00243. The highest BCUT2D eigenvalue weighted by Crippen LogP contribution is 2.27. The molecule has 0 saturated carbocycles. The lowest BCUT2D eigenvalue weighted by Crippen LogP contribution is -2.06. The number of hydrogen-bond acceptors (Lipinski definition) is 4. The number of carboxylic acids is 1. The molecular formula is C12H8Br2O4S2. The number of rotatable bonds is 4. The SMILES string of the molecule is O=C(O)c1cc(S(=O)(=O)Cc2cc(Br)cs2)ccc1Br. The summed E-state index contributed by atoms with van der Waals surface area (Å²) < 4.78 is 25.7. The van der Waals surface area contributed by atoms with E-state index in [1.807, 2.05) is 0 Å². The second kappa shape index (κ2) is 5.97. The number of thiophene rings is 1. The molecule has 0 saturated heterocycles. The molecule has 0 spiro atoms. The molecule has 2 aromatic rings. The van der Waals surface area contributed by atoms with Crippen LogP contribution in [0.2, 0.25) is 0 Å². The number of carbonyl (C=O) groups is 1. The molecule has 1 aromatic carbocycles. The summed E-state index contributed by atoms with van der Waals surface area (Å²) in [5.74, 6) is -1.32. The lowest BCUT2D eigenvalue weighted by Gasteiger charge is -2.05. The number of benzene rings is 1.